The summed E-state index contributed by atoms with van der Waals surface area (Å²) in [7, 11) is 3.57. The number of carboxylic acids is 1. The summed E-state index contributed by atoms with van der Waals surface area (Å²) in [5.41, 5.74) is 4.03. The van der Waals surface area contributed by atoms with E-state index in [4.69, 9.17) is 30.9 Å². The van der Waals surface area contributed by atoms with Gasteiger partial charge in [0.05, 0.1) is 25.0 Å². The Morgan fingerprint density at radius 3 is 2.70 bits per heavy atom. The molecule has 0 spiro atoms. The van der Waals surface area contributed by atoms with Gasteiger partial charge in [0.15, 0.2) is 0 Å². The Morgan fingerprint density at radius 1 is 1.22 bits per heavy atom. The molecular formula is C36H49ClN2O7. The standard InChI is InChI=1S/C36H49ClN2O7/c1-5-8-25-17-29(37)12-14-30(25)28-20-39(19-27-10-13-31(27)34(44-4)9-6-7-16-38(3)24(2)40)32-18-26(11-15-35(32)46-21-28)33(41)22-45-23-36(42)43/h6,9,11-12,14-15,17-18,27-28,31,33-34,41H,5,7-8,10,13,16,19-23H2,1-4H3,(H,42,43)/b9-6+. The lowest BCUT2D eigenvalue weighted by Crippen LogP contribution is -2.44. The third-order valence-electron chi connectivity index (χ3n) is 9.27. The van der Waals surface area contributed by atoms with E-state index in [1.54, 1.807) is 18.9 Å². The molecule has 1 saturated carbocycles. The fraction of sp³-hybridized carbons (Fsp3) is 0.556. The average molecular weight is 657 g/mol. The third-order valence-corrected chi connectivity index (χ3v) is 9.51. The molecule has 1 amide bonds. The van der Waals surface area contributed by atoms with Gasteiger partial charge in [-0.3, -0.25) is 4.79 Å². The smallest absolute Gasteiger partial charge is 0.329 e. The van der Waals surface area contributed by atoms with Crippen LogP contribution in [0.15, 0.2) is 48.6 Å². The number of nitrogens with zero attached hydrogens (tertiary/aromatic N) is 2. The molecule has 0 bridgehead atoms. The number of aliphatic hydroxyl groups excluding tert-OH is 1. The van der Waals surface area contributed by atoms with E-state index in [2.05, 4.69) is 36.1 Å². The number of methoxy groups -OCH3 is 1. The van der Waals surface area contributed by atoms with Crippen LogP contribution in [-0.2, 0) is 25.5 Å². The number of aliphatic hydroxyl groups is 1. The maximum atomic E-state index is 11.6. The number of rotatable bonds is 16. The van der Waals surface area contributed by atoms with Gasteiger partial charge in [0, 0.05) is 51.7 Å². The highest BCUT2D eigenvalue weighted by Gasteiger charge is 2.38. The number of carboxylic acid groups (broad SMARTS) is 1. The Kier molecular flexibility index (Phi) is 13.3. The number of aliphatic carboxylic acids is 1. The molecule has 46 heavy (non-hydrogen) atoms. The van der Waals surface area contributed by atoms with E-state index in [0.29, 0.717) is 30.6 Å². The second kappa shape index (κ2) is 17.2. The number of aryl methyl sites for hydroxylation is 1. The molecule has 5 atom stereocenters. The highest BCUT2D eigenvalue weighted by Crippen LogP contribution is 2.43. The van der Waals surface area contributed by atoms with Crippen LogP contribution in [0, 0.1) is 11.8 Å². The van der Waals surface area contributed by atoms with E-state index in [9.17, 15) is 14.7 Å². The summed E-state index contributed by atoms with van der Waals surface area (Å²) in [4.78, 5) is 26.6. The molecule has 1 fully saturated rings. The number of carbonyl (C=O) groups is 2. The highest BCUT2D eigenvalue weighted by atomic mass is 35.5. The van der Waals surface area contributed by atoms with Crippen LogP contribution in [0.5, 0.6) is 5.75 Å². The van der Waals surface area contributed by atoms with Crippen molar-refractivity contribution in [3.8, 4) is 5.75 Å². The Balaban J connectivity index is 1.58. The van der Waals surface area contributed by atoms with Gasteiger partial charge in [-0.25, -0.2) is 4.79 Å². The van der Waals surface area contributed by atoms with Crippen LogP contribution < -0.4 is 9.64 Å². The summed E-state index contributed by atoms with van der Waals surface area (Å²) in [6, 6.07) is 11.8. The molecule has 1 heterocycles. The Bertz CT molecular complexity index is 1350. The summed E-state index contributed by atoms with van der Waals surface area (Å²) in [6.45, 7) is 5.87. The summed E-state index contributed by atoms with van der Waals surface area (Å²) in [5, 5.41) is 20.5. The van der Waals surface area contributed by atoms with Crippen LogP contribution in [0.4, 0.5) is 5.69 Å². The van der Waals surface area contributed by atoms with Crippen molar-refractivity contribution in [3.63, 3.8) is 0 Å². The van der Waals surface area contributed by atoms with Crippen LogP contribution in [-0.4, -0.2) is 86.7 Å². The van der Waals surface area contributed by atoms with Crippen molar-refractivity contribution >= 4 is 29.2 Å². The molecular weight excluding hydrogens is 608 g/mol. The summed E-state index contributed by atoms with van der Waals surface area (Å²) in [6.07, 6.45) is 8.13. The molecule has 2 aromatic carbocycles. The molecule has 1 aliphatic carbocycles. The van der Waals surface area contributed by atoms with Crippen LogP contribution in [0.2, 0.25) is 5.02 Å². The fourth-order valence-electron chi connectivity index (χ4n) is 6.48. The van der Waals surface area contributed by atoms with E-state index in [0.717, 1.165) is 61.7 Å². The third kappa shape index (κ3) is 9.47. The zero-order valence-corrected chi connectivity index (χ0v) is 28.2. The summed E-state index contributed by atoms with van der Waals surface area (Å²) in [5.74, 6) is 0.570. The van der Waals surface area contributed by atoms with Gasteiger partial charge in [-0.1, -0.05) is 49.2 Å². The highest BCUT2D eigenvalue weighted by molar-refractivity contribution is 6.30. The van der Waals surface area contributed by atoms with Crippen molar-refractivity contribution in [2.24, 2.45) is 11.8 Å². The summed E-state index contributed by atoms with van der Waals surface area (Å²) >= 11 is 6.41. The number of hydrogen-bond acceptors (Lipinski definition) is 7. The first-order valence-corrected chi connectivity index (χ1v) is 16.7. The zero-order valence-electron chi connectivity index (χ0n) is 27.5. The number of benzene rings is 2. The van der Waals surface area contributed by atoms with Crippen LogP contribution in [0.1, 0.15) is 68.2 Å². The lowest BCUT2D eigenvalue weighted by Gasteiger charge is -2.43. The molecule has 2 aromatic rings. The minimum atomic E-state index is -1.08. The molecule has 0 saturated heterocycles. The Labute approximate surface area is 278 Å². The predicted octanol–water partition coefficient (Wildman–Crippen LogP) is 5.88. The number of carbonyl (C=O) groups excluding carboxylic acids is 1. The van der Waals surface area contributed by atoms with Crippen LogP contribution >= 0.6 is 11.6 Å². The molecule has 5 unspecified atom stereocenters. The molecule has 10 heteroatoms. The first-order valence-electron chi connectivity index (χ1n) is 16.3. The van der Waals surface area contributed by atoms with Gasteiger partial charge in [0.1, 0.15) is 18.5 Å². The van der Waals surface area contributed by atoms with Gasteiger partial charge in [-0.2, -0.15) is 0 Å². The SMILES string of the molecule is CCCc1cc(Cl)ccc1C1COc2ccc(C(O)COCC(=O)O)cc2N(CC2CCC2C(/C=C/CCN(C)C(C)=O)OC)C1. The first-order chi connectivity index (χ1) is 22.1. The van der Waals surface area contributed by atoms with Crippen LogP contribution in [0.25, 0.3) is 0 Å². The molecule has 2 aliphatic rings. The van der Waals surface area contributed by atoms with Gasteiger partial charge in [0.25, 0.3) is 0 Å². The minimum Gasteiger partial charge on any atom is -0.491 e. The average Bonchev–Trinajstić information content (AvgIpc) is 3.19. The predicted molar refractivity (Wildman–Crippen MR) is 180 cm³/mol. The largest absolute Gasteiger partial charge is 0.491 e. The monoisotopic (exact) mass is 656 g/mol. The zero-order chi connectivity index (χ0) is 33.2. The molecule has 9 nitrogen and oxygen atoms in total. The van der Waals surface area contributed by atoms with Crippen molar-refractivity contribution < 1.29 is 34.0 Å². The van der Waals surface area contributed by atoms with Crippen molar-refractivity contribution in [1.29, 1.82) is 0 Å². The normalized spacial score (nSPS) is 20.7. The molecule has 252 valence electrons. The molecule has 4 rings (SSSR count). The van der Waals surface area contributed by atoms with Gasteiger partial charge in [0.2, 0.25) is 5.91 Å². The van der Waals surface area contributed by atoms with Crippen molar-refractivity contribution in [2.75, 3.05) is 58.5 Å². The Hall–Kier alpha value is -3.11. The maximum Gasteiger partial charge on any atom is 0.329 e. The molecule has 1 aliphatic heterocycles. The van der Waals surface area contributed by atoms with Crippen LogP contribution in [0.3, 0.4) is 0 Å². The lowest BCUT2D eigenvalue weighted by atomic mass is 9.70. The van der Waals surface area contributed by atoms with Crippen molar-refractivity contribution in [3.05, 3.63) is 70.3 Å². The topological polar surface area (TPSA) is 109 Å². The fourth-order valence-corrected chi connectivity index (χ4v) is 6.68. The van der Waals surface area contributed by atoms with E-state index in [1.807, 2.05) is 31.3 Å². The van der Waals surface area contributed by atoms with Crippen molar-refractivity contribution in [1.82, 2.24) is 4.90 Å². The number of amides is 1. The number of anilines is 1. The van der Waals surface area contributed by atoms with Gasteiger partial charge in [-0.15, -0.1) is 0 Å². The van der Waals surface area contributed by atoms with Crippen molar-refractivity contribution in [2.45, 2.75) is 64.1 Å². The molecule has 2 N–H and O–H groups in total. The first kappa shape index (κ1) is 35.7. The number of hydrogen-bond donors (Lipinski definition) is 2. The van der Waals surface area contributed by atoms with Gasteiger partial charge < -0.3 is 34.2 Å². The minimum absolute atomic E-state index is 0.0214. The quantitative estimate of drug-likeness (QED) is 0.216. The second-order valence-electron chi connectivity index (χ2n) is 12.5. The lowest BCUT2D eigenvalue weighted by molar-refractivity contribution is -0.143. The van der Waals surface area contributed by atoms with E-state index < -0.39 is 18.7 Å². The molecule has 0 aromatic heterocycles. The second-order valence-corrected chi connectivity index (χ2v) is 13.0. The van der Waals surface area contributed by atoms with Gasteiger partial charge >= 0.3 is 5.97 Å². The number of fused-ring (bicyclic) bond motifs is 1. The van der Waals surface area contributed by atoms with Gasteiger partial charge in [-0.05, 0) is 78.5 Å². The van der Waals surface area contributed by atoms with E-state index >= 15 is 0 Å². The number of ether oxygens (including phenoxy) is 3. The maximum absolute atomic E-state index is 11.6. The summed E-state index contributed by atoms with van der Waals surface area (Å²) < 4.78 is 17.6. The Morgan fingerprint density at radius 2 is 2.02 bits per heavy atom. The van der Waals surface area contributed by atoms with E-state index in [-0.39, 0.29) is 24.5 Å². The van der Waals surface area contributed by atoms with E-state index in [1.165, 1.54) is 11.1 Å². The molecule has 0 radical (unpaired) electrons. The number of halogens is 1.